The summed E-state index contributed by atoms with van der Waals surface area (Å²) in [4.78, 5) is 0. The van der Waals surface area contributed by atoms with Crippen LogP contribution in [0.1, 0.15) is 26.3 Å². The molecule has 1 aromatic carbocycles. The highest BCUT2D eigenvalue weighted by atomic mass is 16.5. The molecule has 4 heteroatoms. The number of ether oxygens (including phenoxy) is 2. The van der Waals surface area contributed by atoms with E-state index >= 15 is 0 Å². The van der Waals surface area contributed by atoms with Crippen LogP contribution < -0.4 is 14.8 Å². The molecule has 2 N–H and O–H groups in total. The molecule has 0 aliphatic heterocycles. The summed E-state index contributed by atoms with van der Waals surface area (Å²) >= 11 is 0. The smallest absolute Gasteiger partial charge is 0.161 e. The maximum atomic E-state index is 9.19. The van der Waals surface area contributed by atoms with Gasteiger partial charge in [0, 0.05) is 12.1 Å². The van der Waals surface area contributed by atoms with Gasteiger partial charge in [-0.3, -0.25) is 0 Å². The largest absolute Gasteiger partial charge is 0.493 e. The summed E-state index contributed by atoms with van der Waals surface area (Å²) in [5.74, 6) is 1.49. The SMILES string of the molecule is CCOc1cc(CNC(C)(C)CO)ccc1OC. The zero-order valence-corrected chi connectivity index (χ0v) is 11.6. The molecule has 1 aromatic rings. The quantitative estimate of drug-likeness (QED) is 0.780. The second-order valence-electron chi connectivity index (χ2n) is 4.81. The molecular weight excluding hydrogens is 230 g/mol. The molecule has 18 heavy (non-hydrogen) atoms. The Hall–Kier alpha value is -1.26. The molecule has 0 saturated carbocycles. The van der Waals surface area contributed by atoms with E-state index in [4.69, 9.17) is 9.47 Å². The lowest BCUT2D eigenvalue weighted by molar-refractivity contribution is 0.187. The van der Waals surface area contributed by atoms with Crippen molar-refractivity contribution in [3.05, 3.63) is 23.8 Å². The molecule has 0 bridgehead atoms. The van der Waals surface area contributed by atoms with Crippen molar-refractivity contribution in [2.45, 2.75) is 32.9 Å². The fourth-order valence-corrected chi connectivity index (χ4v) is 1.50. The van der Waals surface area contributed by atoms with Crippen molar-refractivity contribution in [2.24, 2.45) is 0 Å². The number of aliphatic hydroxyl groups excluding tert-OH is 1. The van der Waals surface area contributed by atoms with Crippen LogP contribution in [0.5, 0.6) is 11.5 Å². The molecule has 102 valence electrons. The van der Waals surface area contributed by atoms with Crippen molar-refractivity contribution in [1.29, 1.82) is 0 Å². The molecule has 0 saturated heterocycles. The van der Waals surface area contributed by atoms with Crippen LogP contribution in [0.2, 0.25) is 0 Å². The summed E-state index contributed by atoms with van der Waals surface area (Å²) in [5, 5.41) is 12.5. The fraction of sp³-hybridized carbons (Fsp3) is 0.571. The van der Waals surface area contributed by atoms with Gasteiger partial charge in [-0.2, -0.15) is 0 Å². The van der Waals surface area contributed by atoms with Crippen LogP contribution in [0.25, 0.3) is 0 Å². The molecule has 0 aliphatic carbocycles. The van der Waals surface area contributed by atoms with Crippen molar-refractivity contribution >= 4 is 0 Å². The first kappa shape index (κ1) is 14.8. The van der Waals surface area contributed by atoms with Crippen molar-refractivity contribution in [2.75, 3.05) is 20.3 Å². The molecule has 0 unspecified atom stereocenters. The third kappa shape index (κ3) is 4.20. The van der Waals surface area contributed by atoms with Crippen LogP contribution in [-0.4, -0.2) is 31.0 Å². The lowest BCUT2D eigenvalue weighted by Gasteiger charge is -2.23. The first-order valence-corrected chi connectivity index (χ1v) is 6.18. The highest BCUT2D eigenvalue weighted by molar-refractivity contribution is 5.42. The topological polar surface area (TPSA) is 50.7 Å². The summed E-state index contributed by atoms with van der Waals surface area (Å²) in [6, 6.07) is 5.85. The predicted octanol–water partition coefficient (Wildman–Crippen LogP) is 1.95. The molecule has 0 amide bonds. The third-order valence-electron chi connectivity index (χ3n) is 2.69. The van der Waals surface area contributed by atoms with Crippen LogP contribution in [0.15, 0.2) is 18.2 Å². The van der Waals surface area contributed by atoms with E-state index in [9.17, 15) is 5.11 Å². The van der Waals surface area contributed by atoms with Gasteiger partial charge in [0.25, 0.3) is 0 Å². The molecule has 0 radical (unpaired) electrons. The second kappa shape index (κ2) is 6.61. The number of rotatable bonds is 7. The summed E-state index contributed by atoms with van der Waals surface area (Å²) in [7, 11) is 1.63. The number of methoxy groups -OCH3 is 1. The van der Waals surface area contributed by atoms with Gasteiger partial charge in [0.2, 0.25) is 0 Å². The molecule has 0 aromatic heterocycles. The van der Waals surface area contributed by atoms with Gasteiger partial charge in [-0.1, -0.05) is 6.07 Å². The summed E-state index contributed by atoms with van der Waals surface area (Å²) < 4.78 is 10.8. The summed E-state index contributed by atoms with van der Waals surface area (Å²) in [6.07, 6.45) is 0. The van der Waals surface area contributed by atoms with Gasteiger partial charge in [-0.25, -0.2) is 0 Å². The molecule has 0 aliphatic rings. The Bertz CT molecular complexity index is 377. The second-order valence-corrected chi connectivity index (χ2v) is 4.81. The Balaban J connectivity index is 2.75. The summed E-state index contributed by atoms with van der Waals surface area (Å²) in [6.45, 7) is 7.24. The van der Waals surface area contributed by atoms with E-state index in [2.05, 4.69) is 5.32 Å². The lowest BCUT2D eigenvalue weighted by Crippen LogP contribution is -2.42. The average Bonchev–Trinajstić information content (AvgIpc) is 2.37. The maximum absolute atomic E-state index is 9.19. The van der Waals surface area contributed by atoms with Gasteiger partial charge in [-0.05, 0) is 38.5 Å². The highest BCUT2D eigenvalue weighted by Crippen LogP contribution is 2.28. The highest BCUT2D eigenvalue weighted by Gasteiger charge is 2.15. The number of hydrogen-bond acceptors (Lipinski definition) is 4. The molecule has 0 atom stereocenters. The molecule has 0 spiro atoms. The van der Waals surface area contributed by atoms with E-state index in [0.717, 1.165) is 17.1 Å². The lowest BCUT2D eigenvalue weighted by atomic mass is 10.1. The third-order valence-corrected chi connectivity index (χ3v) is 2.69. The van der Waals surface area contributed by atoms with E-state index in [1.807, 2.05) is 39.0 Å². The van der Waals surface area contributed by atoms with Gasteiger partial charge in [0.05, 0.1) is 20.3 Å². The number of aliphatic hydroxyl groups is 1. The standard InChI is InChI=1S/C14H23NO3/c1-5-18-13-8-11(6-7-12(13)17-4)9-15-14(2,3)10-16/h6-8,15-16H,5,9-10H2,1-4H3. The van der Waals surface area contributed by atoms with Crippen LogP contribution in [-0.2, 0) is 6.54 Å². The minimum atomic E-state index is -0.286. The minimum Gasteiger partial charge on any atom is -0.493 e. The van der Waals surface area contributed by atoms with Gasteiger partial charge in [0.15, 0.2) is 11.5 Å². The predicted molar refractivity (Wildman–Crippen MR) is 72.2 cm³/mol. The zero-order chi connectivity index (χ0) is 13.6. The molecule has 0 fully saturated rings. The van der Waals surface area contributed by atoms with Crippen LogP contribution in [0.4, 0.5) is 0 Å². The van der Waals surface area contributed by atoms with Gasteiger partial charge in [-0.15, -0.1) is 0 Å². The molecule has 4 nitrogen and oxygen atoms in total. The van der Waals surface area contributed by atoms with Crippen molar-refractivity contribution in [3.8, 4) is 11.5 Å². The van der Waals surface area contributed by atoms with Gasteiger partial charge in [0.1, 0.15) is 0 Å². The average molecular weight is 253 g/mol. The van der Waals surface area contributed by atoms with E-state index in [0.29, 0.717) is 13.2 Å². The van der Waals surface area contributed by atoms with Crippen LogP contribution in [0, 0.1) is 0 Å². The Morgan fingerprint density at radius 2 is 2.00 bits per heavy atom. The molecule has 1 rings (SSSR count). The Labute approximate surface area is 109 Å². The van der Waals surface area contributed by atoms with E-state index in [1.165, 1.54) is 0 Å². The Morgan fingerprint density at radius 1 is 1.28 bits per heavy atom. The molecule has 0 heterocycles. The van der Waals surface area contributed by atoms with Gasteiger partial charge < -0.3 is 19.9 Å². The van der Waals surface area contributed by atoms with E-state index in [1.54, 1.807) is 7.11 Å². The van der Waals surface area contributed by atoms with Crippen molar-refractivity contribution in [1.82, 2.24) is 5.32 Å². The Morgan fingerprint density at radius 3 is 2.56 bits per heavy atom. The monoisotopic (exact) mass is 253 g/mol. The normalized spacial score (nSPS) is 11.4. The van der Waals surface area contributed by atoms with E-state index < -0.39 is 0 Å². The van der Waals surface area contributed by atoms with Gasteiger partial charge >= 0.3 is 0 Å². The number of benzene rings is 1. The van der Waals surface area contributed by atoms with Crippen LogP contribution >= 0.6 is 0 Å². The first-order valence-electron chi connectivity index (χ1n) is 6.18. The fourth-order valence-electron chi connectivity index (χ4n) is 1.50. The molecular formula is C14H23NO3. The summed E-state index contributed by atoms with van der Waals surface area (Å²) in [5.41, 5.74) is 0.812. The van der Waals surface area contributed by atoms with Crippen molar-refractivity contribution in [3.63, 3.8) is 0 Å². The first-order chi connectivity index (χ1) is 8.52. The zero-order valence-electron chi connectivity index (χ0n) is 11.6. The number of nitrogens with one attached hydrogen (secondary N) is 1. The maximum Gasteiger partial charge on any atom is 0.161 e. The van der Waals surface area contributed by atoms with Crippen LogP contribution in [0.3, 0.4) is 0 Å². The minimum absolute atomic E-state index is 0.0987. The van der Waals surface area contributed by atoms with E-state index in [-0.39, 0.29) is 12.1 Å². The number of hydrogen-bond donors (Lipinski definition) is 2. The van der Waals surface area contributed by atoms with Crippen molar-refractivity contribution < 1.29 is 14.6 Å². The Kier molecular flexibility index (Phi) is 5.44.